The van der Waals surface area contributed by atoms with Crippen LogP contribution in [0.25, 0.3) is 0 Å². The number of aromatic nitrogens is 1. The van der Waals surface area contributed by atoms with Crippen LogP contribution in [0.4, 0.5) is 10.6 Å². The summed E-state index contributed by atoms with van der Waals surface area (Å²) >= 11 is 0. The molecule has 27 heavy (non-hydrogen) atoms. The van der Waals surface area contributed by atoms with Crippen LogP contribution in [0.2, 0.25) is 0 Å². The first-order valence-corrected chi connectivity index (χ1v) is 9.99. The third-order valence-corrected chi connectivity index (χ3v) is 5.29. The third kappa shape index (κ3) is 5.00. The molecule has 2 heterocycles. The fraction of sp³-hybridized carbons (Fsp3) is 0.455. The van der Waals surface area contributed by atoms with Gasteiger partial charge in [-0.05, 0) is 50.3 Å². The monoisotopic (exact) mass is 366 g/mol. The molecule has 1 aromatic carbocycles. The fourth-order valence-electron chi connectivity index (χ4n) is 3.74. The largest absolute Gasteiger partial charge is 0.357 e. The van der Waals surface area contributed by atoms with Crippen LogP contribution in [-0.4, -0.2) is 41.6 Å². The maximum Gasteiger partial charge on any atom is 0.317 e. The fourth-order valence-corrected chi connectivity index (χ4v) is 3.74. The van der Waals surface area contributed by atoms with Gasteiger partial charge in [-0.15, -0.1) is 0 Å². The van der Waals surface area contributed by atoms with Crippen LogP contribution in [0.3, 0.4) is 0 Å². The molecular weight excluding hydrogens is 336 g/mol. The maximum absolute atomic E-state index is 12.7. The van der Waals surface area contributed by atoms with Crippen LogP contribution in [0, 0.1) is 0 Å². The third-order valence-electron chi connectivity index (χ3n) is 5.29. The molecule has 1 aromatic heterocycles. The minimum absolute atomic E-state index is 0.0289. The van der Waals surface area contributed by atoms with Gasteiger partial charge in [0.05, 0.1) is 0 Å². The zero-order valence-corrected chi connectivity index (χ0v) is 16.4. The number of likely N-dealkylation sites (tertiary alicyclic amines) is 1. The van der Waals surface area contributed by atoms with Crippen molar-refractivity contribution >= 4 is 11.8 Å². The molecule has 1 atom stereocenters. The highest BCUT2D eigenvalue weighted by molar-refractivity contribution is 5.74. The first-order chi connectivity index (χ1) is 13.2. The number of carbonyl (C=O) groups excluding carboxylic acids is 1. The predicted molar refractivity (Wildman–Crippen MR) is 110 cm³/mol. The highest BCUT2D eigenvalue weighted by Gasteiger charge is 2.28. The normalized spacial score (nSPS) is 16.4. The Morgan fingerprint density at radius 1 is 1.15 bits per heavy atom. The van der Waals surface area contributed by atoms with Crippen molar-refractivity contribution in [3.05, 3.63) is 59.8 Å². The number of anilines is 1. The molecule has 0 unspecified atom stereocenters. The maximum atomic E-state index is 12.7. The zero-order chi connectivity index (χ0) is 19.1. The van der Waals surface area contributed by atoms with Crippen LogP contribution in [0.5, 0.6) is 0 Å². The Bertz CT molecular complexity index is 713. The lowest BCUT2D eigenvalue weighted by Gasteiger charge is -2.25. The van der Waals surface area contributed by atoms with Crippen molar-refractivity contribution in [1.82, 2.24) is 15.2 Å². The van der Waals surface area contributed by atoms with E-state index >= 15 is 0 Å². The number of amides is 2. The highest BCUT2D eigenvalue weighted by Crippen LogP contribution is 2.21. The summed E-state index contributed by atoms with van der Waals surface area (Å²) in [6, 6.07) is 14.8. The Balaban J connectivity index is 1.53. The van der Waals surface area contributed by atoms with Gasteiger partial charge in [-0.2, -0.15) is 0 Å². The lowest BCUT2D eigenvalue weighted by molar-refractivity contribution is 0.192. The Hall–Kier alpha value is -2.56. The molecule has 0 saturated carbocycles. The lowest BCUT2D eigenvalue weighted by atomic mass is 10.0. The van der Waals surface area contributed by atoms with Crippen LogP contribution in [0.1, 0.15) is 37.8 Å². The lowest BCUT2D eigenvalue weighted by Crippen LogP contribution is -2.43. The average Bonchev–Trinajstić information content (AvgIpc) is 3.17. The van der Waals surface area contributed by atoms with E-state index in [-0.39, 0.29) is 12.1 Å². The predicted octanol–water partition coefficient (Wildman–Crippen LogP) is 3.84. The quantitative estimate of drug-likeness (QED) is 0.810. The van der Waals surface area contributed by atoms with Gasteiger partial charge in [-0.25, -0.2) is 9.78 Å². The summed E-state index contributed by atoms with van der Waals surface area (Å²) in [5.74, 6) is 0.984. The number of nitrogens with one attached hydrogen (secondary N) is 1. The summed E-state index contributed by atoms with van der Waals surface area (Å²) in [5.41, 5.74) is 2.32. The molecule has 0 bridgehead atoms. The summed E-state index contributed by atoms with van der Waals surface area (Å²) in [6.07, 6.45) is 4.93. The average molecular weight is 367 g/mol. The second-order valence-corrected chi connectivity index (χ2v) is 7.03. The molecule has 144 valence electrons. The number of nitrogens with zero attached hydrogens (tertiary/aromatic N) is 3. The molecule has 5 nitrogen and oxygen atoms in total. The number of hydrogen-bond acceptors (Lipinski definition) is 3. The summed E-state index contributed by atoms with van der Waals surface area (Å²) in [4.78, 5) is 21.4. The van der Waals surface area contributed by atoms with Crippen LogP contribution < -0.4 is 10.2 Å². The van der Waals surface area contributed by atoms with E-state index in [2.05, 4.69) is 53.3 Å². The summed E-state index contributed by atoms with van der Waals surface area (Å²) in [5, 5.41) is 3.07. The van der Waals surface area contributed by atoms with Crippen molar-refractivity contribution in [3.63, 3.8) is 0 Å². The molecule has 1 aliphatic heterocycles. The number of carbonyl (C=O) groups is 1. The highest BCUT2D eigenvalue weighted by atomic mass is 16.2. The Kier molecular flexibility index (Phi) is 6.69. The van der Waals surface area contributed by atoms with Gasteiger partial charge in [0.15, 0.2) is 0 Å². The molecule has 1 aliphatic rings. The van der Waals surface area contributed by atoms with Gasteiger partial charge in [0, 0.05) is 38.4 Å². The summed E-state index contributed by atoms with van der Waals surface area (Å²) in [7, 11) is 0. The standard InChI is InChI=1S/C22H30N4O/c1-3-25(4-2)21-13-12-19(16-23-21)17-24-22(27)26-14-8-11-20(26)15-18-9-6-5-7-10-18/h5-7,9-10,12-13,16,20H,3-4,8,11,14-15,17H2,1-2H3,(H,24,27)/t20-/m0/s1. The van der Waals surface area contributed by atoms with Crippen molar-refractivity contribution < 1.29 is 4.79 Å². The Morgan fingerprint density at radius 3 is 2.59 bits per heavy atom. The Labute approximate surface area is 162 Å². The van der Waals surface area contributed by atoms with E-state index in [9.17, 15) is 4.79 Å². The first kappa shape index (κ1) is 19.2. The van der Waals surface area contributed by atoms with Gasteiger partial charge < -0.3 is 15.1 Å². The van der Waals surface area contributed by atoms with Crippen molar-refractivity contribution in [3.8, 4) is 0 Å². The van der Waals surface area contributed by atoms with Gasteiger partial charge in [0.2, 0.25) is 0 Å². The SMILES string of the molecule is CCN(CC)c1ccc(CNC(=O)N2CCC[C@H]2Cc2ccccc2)cn1. The molecule has 5 heteroatoms. The molecule has 1 N–H and O–H groups in total. The second kappa shape index (κ2) is 9.40. The van der Waals surface area contributed by atoms with Gasteiger partial charge >= 0.3 is 6.03 Å². The van der Waals surface area contributed by atoms with Crippen molar-refractivity contribution in [1.29, 1.82) is 0 Å². The molecule has 2 aromatic rings. The molecular formula is C22H30N4O. The van der Waals surface area contributed by atoms with Crippen LogP contribution in [-0.2, 0) is 13.0 Å². The Morgan fingerprint density at radius 2 is 1.93 bits per heavy atom. The van der Waals surface area contributed by atoms with Gasteiger partial charge in [0.1, 0.15) is 5.82 Å². The van der Waals surface area contributed by atoms with Crippen molar-refractivity contribution in [2.75, 3.05) is 24.5 Å². The van der Waals surface area contributed by atoms with Gasteiger partial charge in [0.25, 0.3) is 0 Å². The number of rotatable bonds is 7. The topological polar surface area (TPSA) is 48.5 Å². The number of urea groups is 1. The molecule has 0 radical (unpaired) electrons. The second-order valence-electron chi connectivity index (χ2n) is 7.03. The van der Waals surface area contributed by atoms with Crippen molar-refractivity contribution in [2.24, 2.45) is 0 Å². The van der Waals surface area contributed by atoms with E-state index in [1.54, 1.807) is 0 Å². The molecule has 1 fully saturated rings. The smallest absolute Gasteiger partial charge is 0.317 e. The summed E-state index contributed by atoms with van der Waals surface area (Å²) < 4.78 is 0. The summed E-state index contributed by atoms with van der Waals surface area (Å²) in [6.45, 7) is 7.48. The van der Waals surface area contributed by atoms with E-state index in [1.807, 2.05) is 29.3 Å². The molecule has 2 amide bonds. The van der Waals surface area contributed by atoms with Gasteiger partial charge in [-0.3, -0.25) is 0 Å². The molecule has 3 rings (SSSR count). The molecule has 1 saturated heterocycles. The molecule has 0 aliphatic carbocycles. The van der Waals surface area contributed by atoms with E-state index in [0.29, 0.717) is 6.54 Å². The number of benzene rings is 1. The molecule has 0 spiro atoms. The van der Waals surface area contributed by atoms with E-state index in [1.165, 1.54) is 5.56 Å². The minimum Gasteiger partial charge on any atom is -0.357 e. The zero-order valence-electron chi connectivity index (χ0n) is 16.4. The van der Waals surface area contributed by atoms with E-state index in [4.69, 9.17) is 0 Å². The number of hydrogen-bond donors (Lipinski definition) is 1. The van der Waals surface area contributed by atoms with E-state index in [0.717, 1.165) is 50.3 Å². The van der Waals surface area contributed by atoms with Gasteiger partial charge in [-0.1, -0.05) is 36.4 Å². The van der Waals surface area contributed by atoms with Crippen LogP contribution in [0.15, 0.2) is 48.7 Å². The first-order valence-electron chi connectivity index (χ1n) is 9.99. The van der Waals surface area contributed by atoms with E-state index < -0.39 is 0 Å². The van der Waals surface area contributed by atoms with Crippen LogP contribution >= 0.6 is 0 Å². The number of pyridine rings is 1. The van der Waals surface area contributed by atoms with Crippen molar-refractivity contribution in [2.45, 2.75) is 45.7 Å². The minimum atomic E-state index is 0.0289.